The van der Waals surface area contributed by atoms with Crippen molar-refractivity contribution < 1.29 is 4.79 Å². The molecule has 0 radical (unpaired) electrons. The first kappa shape index (κ1) is 15.7. The summed E-state index contributed by atoms with van der Waals surface area (Å²) in [7, 11) is 1.87. The molecule has 1 aromatic rings. The first-order valence-electron chi connectivity index (χ1n) is 7.14. The third-order valence-electron chi connectivity index (χ3n) is 3.53. The summed E-state index contributed by atoms with van der Waals surface area (Å²) >= 11 is 0. The number of hydrogen-bond donors (Lipinski definition) is 1. The summed E-state index contributed by atoms with van der Waals surface area (Å²) in [4.78, 5) is 12.2. The van der Waals surface area contributed by atoms with Crippen molar-refractivity contribution in [3.63, 3.8) is 0 Å². The van der Waals surface area contributed by atoms with E-state index in [-0.39, 0.29) is 11.9 Å². The number of hydrogen-bond acceptors (Lipinski definition) is 2. The third-order valence-corrected chi connectivity index (χ3v) is 3.53. The molecule has 1 heterocycles. The van der Waals surface area contributed by atoms with Crippen LogP contribution in [0, 0.1) is 19.8 Å². The van der Waals surface area contributed by atoms with Crippen molar-refractivity contribution in [3.05, 3.63) is 17.0 Å². The molecule has 0 aliphatic heterocycles. The summed E-state index contributed by atoms with van der Waals surface area (Å²) in [5.74, 6) is 0.728. The molecule has 0 bridgehead atoms. The monoisotopic (exact) mass is 265 g/mol. The fraction of sp³-hybridized carbons (Fsp3) is 0.733. The fourth-order valence-corrected chi connectivity index (χ4v) is 2.30. The predicted octanol–water partition coefficient (Wildman–Crippen LogP) is 2.98. The van der Waals surface area contributed by atoms with Crippen LogP contribution in [0.15, 0.2) is 0 Å². The maximum Gasteiger partial charge on any atom is 0.255 e. The van der Waals surface area contributed by atoms with E-state index in [0.29, 0.717) is 0 Å². The molecule has 0 aromatic carbocycles. The van der Waals surface area contributed by atoms with Crippen LogP contribution in [-0.4, -0.2) is 21.7 Å². The topological polar surface area (TPSA) is 46.9 Å². The quantitative estimate of drug-likeness (QED) is 0.859. The molecule has 1 N–H and O–H groups in total. The molecule has 0 spiro atoms. The molecule has 108 valence electrons. The molecule has 1 amide bonds. The van der Waals surface area contributed by atoms with Crippen molar-refractivity contribution in [2.24, 2.45) is 13.0 Å². The van der Waals surface area contributed by atoms with Crippen LogP contribution < -0.4 is 5.32 Å². The zero-order chi connectivity index (χ0) is 14.6. The second kappa shape index (κ2) is 6.73. The van der Waals surface area contributed by atoms with Gasteiger partial charge in [-0.1, -0.05) is 26.7 Å². The van der Waals surface area contributed by atoms with Crippen LogP contribution in [0.1, 0.15) is 61.8 Å². The molecule has 0 aliphatic carbocycles. The lowest BCUT2D eigenvalue weighted by atomic mass is 10.0. The minimum Gasteiger partial charge on any atom is -0.349 e. The second-order valence-corrected chi connectivity index (χ2v) is 5.87. The largest absolute Gasteiger partial charge is 0.349 e. The van der Waals surface area contributed by atoms with Crippen molar-refractivity contribution in [1.29, 1.82) is 0 Å². The Hall–Kier alpha value is -1.32. The van der Waals surface area contributed by atoms with Gasteiger partial charge in [0.1, 0.15) is 0 Å². The molecule has 0 fully saturated rings. The average Bonchev–Trinajstić information content (AvgIpc) is 2.52. The summed E-state index contributed by atoms with van der Waals surface area (Å²) < 4.78 is 1.76. The number of nitrogens with one attached hydrogen (secondary N) is 1. The van der Waals surface area contributed by atoms with Gasteiger partial charge in [-0.2, -0.15) is 5.10 Å². The van der Waals surface area contributed by atoms with Gasteiger partial charge in [-0.15, -0.1) is 0 Å². The van der Waals surface area contributed by atoms with E-state index in [2.05, 4.69) is 31.2 Å². The maximum absolute atomic E-state index is 12.2. The van der Waals surface area contributed by atoms with Crippen molar-refractivity contribution >= 4 is 5.91 Å². The standard InChI is InChI=1S/C15H27N3O/c1-10(2)8-7-9-11(3)16-15(19)14-12(4)17-18(6)13(14)5/h10-11H,7-9H2,1-6H3,(H,16,19). The lowest BCUT2D eigenvalue weighted by Crippen LogP contribution is -2.33. The average molecular weight is 265 g/mol. The van der Waals surface area contributed by atoms with Gasteiger partial charge in [0.25, 0.3) is 5.91 Å². The highest BCUT2D eigenvalue weighted by atomic mass is 16.1. The number of nitrogens with zero attached hydrogens (tertiary/aromatic N) is 2. The summed E-state index contributed by atoms with van der Waals surface area (Å²) in [6, 6.07) is 0.213. The van der Waals surface area contributed by atoms with Gasteiger partial charge < -0.3 is 5.32 Å². The lowest BCUT2D eigenvalue weighted by Gasteiger charge is -2.14. The third kappa shape index (κ3) is 4.37. The Morgan fingerprint density at radius 1 is 1.26 bits per heavy atom. The Labute approximate surface area is 116 Å². The van der Waals surface area contributed by atoms with Gasteiger partial charge >= 0.3 is 0 Å². The van der Waals surface area contributed by atoms with Gasteiger partial charge in [0.15, 0.2) is 0 Å². The van der Waals surface area contributed by atoms with Gasteiger partial charge in [-0.25, -0.2) is 0 Å². The molecule has 4 nitrogen and oxygen atoms in total. The van der Waals surface area contributed by atoms with Crippen LogP contribution in [0.5, 0.6) is 0 Å². The van der Waals surface area contributed by atoms with E-state index >= 15 is 0 Å². The minimum absolute atomic E-state index is 0.000136. The van der Waals surface area contributed by atoms with Crippen LogP contribution in [0.3, 0.4) is 0 Å². The number of aryl methyl sites for hydroxylation is 2. The number of aromatic nitrogens is 2. The highest BCUT2D eigenvalue weighted by molar-refractivity contribution is 5.96. The number of carbonyl (C=O) groups excluding carboxylic acids is 1. The minimum atomic E-state index is 0.000136. The molecular weight excluding hydrogens is 238 g/mol. The van der Waals surface area contributed by atoms with E-state index in [4.69, 9.17) is 0 Å². The summed E-state index contributed by atoms with van der Waals surface area (Å²) in [5.41, 5.74) is 2.44. The Balaban J connectivity index is 2.55. The molecule has 4 heteroatoms. The highest BCUT2D eigenvalue weighted by Gasteiger charge is 2.18. The normalized spacial score (nSPS) is 12.8. The number of amides is 1. The van der Waals surface area contributed by atoms with E-state index in [9.17, 15) is 4.79 Å². The molecule has 0 saturated heterocycles. The van der Waals surface area contributed by atoms with Crippen molar-refractivity contribution in [2.45, 2.75) is 59.9 Å². The summed E-state index contributed by atoms with van der Waals surface area (Å²) in [6.07, 6.45) is 3.40. The van der Waals surface area contributed by atoms with Gasteiger partial charge in [0.2, 0.25) is 0 Å². The van der Waals surface area contributed by atoms with E-state index in [1.54, 1.807) is 4.68 Å². The van der Waals surface area contributed by atoms with Crippen LogP contribution in [0.4, 0.5) is 0 Å². The van der Waals surface area contributed by atoms with Crippen LogP contribution >= 0.6 is 0 Å². The Morgan fingerprint density at radius 2 is 1.89 bits per heavy atom. The molecule has 1 atom stereocenters. The molecular formula is C15H27N3O. The highest BCUT2D eigenvalue weighted by Crippen LogP contribution is 2.13. The van der Waals surface area contributed by atoms with E-state index in [0.717, 1.165) is 35.7 Å². The zero-order valence-corrected chi connectivity index (χ0v) is 13.1. The van der Waals surface area contributed by atoms with Gasteiger partial charge in [-0.05, 0) is 33.1 Å². The van der Waals surface area contributed by atoms with Crippen LogP contribution in [0.2, 0.25) is 0 Å². The predicted molar refractivity (Wildman–Crippen MR) is 78.3 cm³/mol. The van der Waals surface area contributed by atoms with E-state index in [1.165, 1.54) is 6.42 Å². The fourth-order valence-electron chi connectivity index (χ4n) is 2.30. The van der Waals surface area contributed by atoms with E-state index in [1.807, 2.05) is 20.9 Å². The van der Waals surface area contributed by atoms with Crippen LogP contribution in [0.25, 0.3) is 0 Å². The Bertz CT molecular complexity index is 435. The summed E-state index contributed by atoms with van der Waals surface area (Å²) in [6.45, 7) is 10.3. The number of rotatable bonds is 6. The van der Waals surface area contributed by atoms with Crippen molar-refractivity contribution in [1.82, 2.24) is 15.1 Å². The number of carbonyl (C=O) groups is 1. The zero-order valence-electron chi connectivity index (χ0n) is 13.1. The summed E-state index contributed by atoms with van der Waals surface area (Å²) in [5, 5.41) is 7.35. The Morgan fingerprint density at radius 3 is 2.37 bits per heavy atom. The second-order valence-electron chi connectivity index (χ2n) is 5.87. The van der Waals surface area contributed by atoms with Gasteiger partial charge in [0.05, 0.1) is 11.3 Å². The molecule has 1 rings (SSSR count). The lowest BCUT2D eigenvalue weighted by molar-refractivity contribution is 0.0936. The van der Waals surface area contributed by atoms with Crippen molar-refractivity contribution in [2.75, 3.05) is 0 Å². The molecule has 19 heavy (non-hydrogen) atoms. The van der Waals surface area contributed by atoms with Gasteiger partial charge in [0, 0.05) is 18.8 Å². The maximum atomic E-state index is 12.2. The molecule has 1 aromatic heterocycles. The van der Waals surface area contributed by atoms with Gasteiger partial charge in [-0.3, -0.25) is 9.48 Å². The molecule has 1 unspecified atom stereocenters. The first-order valence-corrected chi connectivity index (χ1v) is 7.14. The SMILES string of the molecule is Cc1nn(C)c(C)c1C(=O)NC(C)CCCC(C)C. The first-order chi connectivity index (χ1) is 8.82. The smallest absolute Gasteiger partial charge is 0.255 e. The van der Waals surface area contributed by atoms with E-state index < -0.39 is 0 Å². The Kier molecular flexibility index (Phi) is 5.58. The van der Waals surface area contributed by atoms with Crippen molar-refractivity contribution in [3.8, 4) is 0 Å². The molecule has 0 aliphatic rings. The molecule has 0 saturated carbocycles. The van der Waals surface area contributed by atoms with Crippen LogP contribution in [-0.2, 0) is 7.05 Å².